The minimum atomic E-state index is -0.657. The number of carbonyl (C=O) groups excluding carboxylic acids is 1. The van der Waals surface area contributed by atoms with Crippen LogP contribution in [-0.2, 0) is 9.47 Å². The Morgan fingerprint density at radius 3 is 2.61 bits per heavy atom. The van der Waals surface area contributed by atoms with E-state index in [0.29, 0.717) is 35.6 Å². The molecule has 7 heteroatoms. The summed E-state index contributed by atoms with van der Waals surface area (Å²) in [5, 5.41) is 0.325. The standard InChI is InChI=1S/C16H19NO6/c1-4-22-16(19)11-9-17-12-8-14(23-6-5-20-2)13(21-3)7-10(12)15(11)18/h7-9H,4-6H2,1-3H3,(H,17,18). The number of aromatic nitrogens is 1. The van der Waals surface area contributed by atoms with Crippen molar-refractivity contribution in [3.63, 3.8) is 0 Å². The van der Waals surface area contributed by atoms with E-state index in [0.717, 1.165) is 0 Å². The topological polar surface area (TPSA) is 86.9 Å². The summed E-state index contributed by atoms with van der Waals surface area (Å²) in [5.41, 5.74) is 0.0738. The van der Waals surface area contributed by atoms with Crippen LogP contribution in [0.3, 0.4) is 0 Å². The van der Waals surface area contributed by atoms with Crippen molar-refractivity contribution in [2.45, 2.75) is 6.92 Å². The van der Waals surface area contributed by atoms with Crippen molar-refractivity contribution in [3.8, 4) is 11.5 Å². The fourth-order valence-electron chi connectivity index (χ4n) is 2.10. The molecule has 0 radical (unpaired) electrons. The molecule has 124 valence electrons. The summed E-state index contributed by atoms with van der Waals surface area (Å²) >= 11 is 0. The molecule has 0 saturated carbocycles. The summed E-state index contributed by atoms with van der Waals surface area (Å²) in [7, 11) is 3.06. The predicted molar refractivity (Wildman–Crippen MR) is 84.4 cm³/mol. The third-order valence-corrected chi connectivity index (χ3v) is 3.21. The molecule has 1 aromatic carbocycles. The summed E-state index contributed by atoms with van der Waals surface area (Å²) in [4.78, 5) is 27.2. The highest BCUT2D eigenvalue weighted by atomic mass is 16.5. The number of esters is 1. The van der Waals surface area contributed by atoms with Gasteiger partial charge in [0, 0.05) is 19.4 Å². The molecule has 0 amide bonds. The van der Waals surface area contributed by atoms with Crippen molar-refractivity contribution in [1.82, 2.24) is 4.98 Å². The van der Waals surface area contributed by atoms with E-state index in [-0.39, 0.29) is 12.2 Å². The van der Waals surface area contributed by atoms with Crippen LogP contribution in [0.15, 0.2) is 23.1 Å². The van der Waals surface area contributed by atoms with Crippen molar-refractivity contribution in [1.29, 1.82) is 0 Å². The number of H-pyrrole nitrogens is 1. The van der Waals surface area contributed by atoms with Gasteiger partial charge in [-0.05, 0) is 13.0 Å². The Kier molecular flexibility index (Phi) is 5.59. The first-order chi connectivity index (χ1) is 11.1. The Balaban J connectivity index is 2.47. The van der Waals surface area contributed by atoms with Gasteiger partial charge < -0.3 is 23.9 Å². The molecule has 0 aliphatic carbocycles. The molecule has 2 aromatic rings. The largest absolute Gasteiger partial charge is 0.493 e. The van der Waals surface area contributed by atoms with Crippen LogP contribution in [0.5, 0.6) is 11.5 Å². The predicted octanol–water partition coefficient (Wildman–Crippen LogP) is 1.74. The van der Waals surface area contributed by atoms with Crippen LogP contribution in [0, 0.1) is 0 Å². The lowest BCUT2D eigenvalue weighted by molar-refractivity contribution is 0.0524. The Bertz CT molecular complexity index is 752. The van der Waals surface area contributed by atoms with Crippen LogP contribution in [0.1, 0.15) is 17.3 Å². The maximum absolute atomic E-state index is 12.4. The third kappa shape index (κ3) is 3.62. The number of aromatic amines is 1. The second-order valence-corrected chi connectivity index (χ2v) is 4.64. The highest BCUT2D eigenvalue weighted by Crippen LogP contribution is 2.30. The molecule has 7 nitrogen and oxygen atoms in total. The van der Waals surface area contributed by atoms with Gasteiger partial charge in [-0.25, -0.2) is 4.79 Å². The van der Waals surface area contributed by atoms with Gasteiger partial charge in [0.05, 0.1) is 31.2 Å². The number of ether oxygens (including phenoxy) is 4. The molecule has 1 N–H and O–H groups in total. The van der Waals surface area contributed by atoms with Crippen molar-refractivity contribution in [2.75, 3.05) is 34.0 Å². The average Bonchev–Trinajstić information content (AvgIpc) is 2.55. The Hall–Kier alpha value is -2.54. The molecule has 2 rings (SSSR count). The molecule has 0 spiro atoms. The molecule has 23 heavy (non-hydrogen) atoms. The van der Waals surface area contributed by atoms with Gasteiger partial charge in [0.15, 0.2) is 11.5 Å². The molecule has 1 heterocycles. The molecular formula is C16H19NO6. The van der Waals surface area contributed by atoms with E-state index in [1.165, 1.54) is 13.3 Å². The molecular weight excluding hydrogens is 302 g/mol. The molecule has 0 atom stereocenters. The van der Waals surface area contributed by atoms with Gasteiger partial charge >= 0.3 is 5.97 Å². The molecule has 0 fully saturated rings. The number of nitrogens with one attached hydrogen (secondary N) is 1. The zero-order valence-corrected chi connectivity index (χ0v) is 13.3. The molecule has 0 saturated heterocycles. The van der Waals surface area contributed by atoms with Crippen LogP contribution >= 0.6 is 0 Å². The maximum Gasteiger partial charge on any atom is 0.343 e. The van der Waals surface area contributed by atoms with Crippen molar-refractivity contribution < 1.29 is 23.7 Å². The third-order valence-electron chi connectivity index (χ3n) is 3.21. The minimum absolute atomic E-state index is 0.0468. The van der Waals surface area contributed by atoms with Gasteiger partial charge in [-0.2, -0.15) is 0 Å². The number of hydrogen-bond donors (Lipinski definition) is 1. The van der Waals surface area contributed by atoms with Crippen molar-refractivity contribution >= 4 is 16.9 Å². The average molecular weight is 321 g/mol. The van der Waals surface area contributed by atoms with Crippen LogP contribution in [0.2, 0.25) is 0 Å². The first-order valence-corrected chi connectivity index (χ1v) is 7.14. The normalized spacial score (nSPS) is 10.6. The summed E-state index contributed by atoms with van der Waals surface area (Å²) in [5.74, 6) is 0.228. The fraction of sp³-hybridized carbons (Fsp3) is 0.375. The Morgan fingerprint density at radius 2 is 1.96 bits per heavy atom. The molecule has 0 unspecified atom stereocenters. The molecule has 0 bridgehead atoms. The van der Waals surface area contributed by atoms with Crippen LogP contribution in [0.25, 0.3) is 10.9 Å². The number of benzene rings is 1. The van der Waals surface area contributed by atoms with Gasteiger partial charge in [0.1, 0.15) is 12.2 Å². The number of rotatable bonds is 7. The first kappa shape index (κ1) is 16.8. The number of carbonyl (C=O) groups is 1. The van der Waals surface area contributed by atoms with E-state index in [4.69, 9.17) is 18.9 Å². The van der Waals surface area contributed by atoms with Gasteiger partial charge in [0.25, 0.3) is 0 Å². The van der Waals surface area contributed by atoms with E-state index in [1.54, 1.807) is 26.2 Å². The van der Waals surface area contributed by atoms with Gasteiger partial charge in [-0.3, -0.25) is 4.79 Å². The zero-order chi connectivity index (χ0) is 16.8. The van der Waals surface area contributed by atoms with Crippen LogP contribution in [0.4, 0.5) is 0 Å². The molecule has 0 aliphatic heterocycles. The summed E-state index contributed by atoms with van der Waals surface area (Å²) in [6, 6.07) is 3.19. The Labute approximate surface area is 133 Å². The second-order valence-electron chi connectivity index (χ2n) is 4.64. The number of hydrogen-bond acceptors (Lipinski definition) is 6. The van der Waals surface area contributed by atoms with Crippen molar-refractivity contribution in [3.05, 3.63) is 34.1 Å². The van der Waals surface area contributed by atoms with Gasteiger partial charge in [0.2, 0.25) is 5.43 Å². The second kappa shape index (κ2) is 7.64. The highest BCUT2D eigenvalue weighted by Gasteiger charge is 2.16. The Morgan fingerprint density at radius 1 is 1.17 bits per heavy atom. The fourth-order valence-corrected chi connectivity index (χ4v) is 2.10. The molecule has 0 aliphatic rings. The van der Waals surface area contributed by atoms with Crippen LogP contribution in [-0.4, -0.2) is 45.0 Å². The summed E-state index contributed by atoms with van der Waals surface area (Å²) in [6.45, 7) is 2.66. The first-order valence-electron chi connectivity index (χ1n) is 7.14. The van der Waals surface area contributed by atoms with Gasteiger partial charge in [-0.1, -0.05) is 0 Å². The number of methoxy groups -OCH3 is 2. The quantitative estimate of drug-likeness (QED) is 0.617. The van der Waals surface area contributed by atoms with Crippen LogP contribution < -0.4 is 14.9 Å². The molecule has 1 aromatic heterocycles. The minimum Gasteiger partial charge on any atom is -0.493 e. The van der Waals surface area contributed by atoms with Crippen molar-refractivity contribution in [2.24, 2.45) is 0 Å². The summed E-state index contributed by atoms with van der Waals surface area (Å²) < 4.78 is 20.6. The number of fused-ring (bicyclic) bond motifs is 1. The van der Waals surface area contributed by atoms with E-state index in [2.05, 4.69) is 4.98 Å². The van der Waals surface area contributed by atoms with E-state index >= 15 is 0 Å². The lowest BCUT2D eigenvalue weighted by Crippen LogP contribution is -2.18. The summed E-state index contributed by atoms with van der Waals surface area (Å²) in [6.07, 6.45) is 1.34. The van der Waals surface area contributed by atoms with Gasteiger partial charge in [-0.15, -0.1) is 0 Å². The smallest absolute Gasteiger partial charge is 0.343 e. The number of pyridine rings is 1. The SMILES string of the molecule is CCOC(=O)c1c[nH]c2cc(OCCOC)c(OC)cc2c1=O. The lowest BCUT2D eigenvalue weighted by Gasteiger charge is -2.12. The highest BCUT2D eigenvalue weighted by molar-refractivity contribution is 5.94. The maximum atomic E-state index is 12.4. The van der Waals surface area contributed by atoms with E-state index < -0.39 is 11.4 Å². The van der Waals surface area contributed by atoms with E-state index in [9.17, 15) is 9.59 Å². The lowest BCUT2D eigenvalue weighted by atomic mass is 10.1. The van der Waals surface area contributed by atoms with E-state index in [1.807, 2.05) is 0 Å². The zero-order valence-electron chi connectivity index (χ0n) is 13.3. The monoisotopic (exact) mass is 321 g/mol.